The number of carbonyl (C=O) groups is 2. The first kappa shape index (κ1) is 56.1. The monoisotopic (exact) mass is 821 g/mol. The maximum atomic E-state index is 12.2. The molecule has 0 aromatic heterocycles. The molecule has 1 atom stereocenters. The number of aliphatic hydroxyl groups is 1. The number of carbonyl (C=O) groups excluding carboxylic acids is 2. The summed E-state index contributed by atoms with van der Waals surface area (Å²) in [7, 11) is 0. The van der Waals surface area contributed by atoms with Gasteiger partial charge in [0.1, 0.15) is 6.61 Å². The average molecular weight is 821 g/mol. The fourth-order valence-electron chi connectivity index (χ4n) is 6.77. The topological polar surface area (TPSA) is 72.8 Å². The molecule has 0 radical (unpaired) electrons. The molecule has 5 heteroatoms. The molecule has 0 heterocycles. The van der Waals surface area contributed by atoms with Gasteiger partial charge in [0.25, 0.3) is 0 Å². The molecular formula is C54H92O5. The lowest BCUT2D eigenvalue weighted by Crippen LogP contribution is -2.28. The van der Waals surface area contributed by atoms with Gasteiger partial charge in [0, 0.05) is 12.8 Å². The van der Waals surface area contributed by atoms with E-state index >= 15 is 0 Å². The van der Waals surface area contributed by atoms with Crippen LogP contribution in [0.15, 0.2) is 85.1 Å². The molecule has 338 valence electrons. The molecule has 0 spiro atoms. The Morgan fingerprint density at radius 1 is 0.407 bits per heavy atom. The minimum atomic E-state index is -0.774. The Bertz CT molecular complexity index is 1110. The molecule has 0 amide bonds. The number of unbranched alkanes of at least 4 members (excludes halogenated alkanes) is 22. The second-order valence-electron chi connectivity index (χ2n) is 16.2. The third-order valence-corrected chi connectivity index (χ3v) is 10.5. The number of hydrogen-bond acceptors (Lipinski definition) is 5. The highest BCUT2D eigenvalue weighted by Gasteiger charge is 2.16. The summed E-state index contributed by atoms with van der Waals surface area (Å²) in [6, 6.07) is 0. The van der Waals surface area contributed by atoms with Gasteiger partial charge in [0.15, 0.2) is 6.10 Å². The SMILES string of the molecule is CC/C=C\C/C=C\C/C=C\C/C=C\C/C=C\C/C=C\C/C=C\CCCCCCCCCCCCCC(=O)OC(CO)COC(=O)CCCCCCCCCCCCCC. The van der Waals surface area contributed by atoms with E-state index in [4.69, 9.17) is 9.47 Å². The Labute approximate surface area is 365 Å². The van der Waals surface area contributed by atoms with Crippen LogP contribution >= 0.6 is 0 Å². The zero-order chi connectivity index (χ0) is 42.8. The highest BCUT2D eigenvalue weighted by molar-refractivity contribution is 5.70. The van der Waals surface area contributed by atoms with E-state index in [-0.39, 0.29) is 25.2 Å². The molecule has 0 saturated carbocycles. The minimum absolute atomic E-state index is 0.0674. The summed E-state index contributed by atoms with van der Waals surface area (Å²) in [6.45, 7) is 4.02. The van der Waals surface area contributed by atoms with Crippen molar-refractivity contribution in [2.24, 2.45) is 0 Å². The van der Waals surface area contributed by atoms with Crippen molar-refractivity contribution in [3.8, 4) is 0 Å². The van der Waals surface area contributed by atoms with Gasteiger partial charge in [-0.1, -0.05) is 227 Å². The number of rotatable bonds is 44. The molecular weight excluding hydrogens is 729 g/mol. The molecule has 0 bridgehead atoms. The predicted octanol–water partition coefficient (Wildman–Crippen LogP) is 16.2. The zero-order valence-corrected chi connectivity index (χ0v) is 38.5. The number of aliphatic hydroxyl groups excluding tert-OH is 1. The normalized spacial score (nSPS) is 12.9. The van der Waals surface area contributed by atoms with Crippen molar-refractivity contribution in [3.63, 3.8) is 0 Å². The van der Waals surface area contributed by atoms with Crippen LogP contribution in [0.1, 0.15) is 226 Å². The van der Waals surface area contributed by atoms with Gasteiger partial charge in [-0.3, -0.25) is 9.59 Å². The molecule has 1 unspecified atom stereocenters. The second-order valence-corrected chi connectivity index (χ2v) is 16.2. The maximum Gasteiger partial charge on any atom is 0.306 e. The zero-order valence-electron chi connectivity index (χ0n) is 38.5. The largest absolute Gasteiger partial charge is 0.462 e. The summed E-state index contributed by atoms with van der Waals surface area (Å²) >= 11 is 0. The third-order valence-electron chi connectivity index (χ3n) is 10.5. The van der Waals surface area contributed by atoms with Crippen molar-refractivity contribution >= 4 is 11.9 Å². The van der Waals surface area contributed by atoms with Gasteiger partial charge < -0.3 is 14.6 Å². The van der Waals surface area contributed by atoms with Crippen LogP contribution in [0.3, 0.4) is 0 Å². The van der Waals surface area contributed by atoms with Crippen molar-refractivity contribution in [2.45, 2.75) is 232 Å². The molecule has 1 N–H and O–H groups in total. The Kier molecular flexibility index (Phi) is 47.0. The van der Waals surface area contributed by atoms with Gasteiger partial charge in [0.2, 0.25) is 0 Å². The fraction of sp³-hybridized carbons (Fsp3) is 0.704. The second kappa shape index (κ2) is 49.4. The first-order chi connectivity index (χ1) is 29.1. The van der Waals surface area contributed by atoms with Crippen LogP contribution in [0, 0.1) is 0 Å². The lowest BCUT2D eigenvalue weighted by Gasteiger charge is -2.15. The van der Waals surface area contributed by atoms with Gasteiger partial charge >= 0.3 is 11.9 Å². The molecule has 0 saturated heterocycles. The first-order valence-corrected chi connectivity index (χ1v) is 24.6. The number of ether oxygens (including phenoxy) is 2. The van der Waals surface area contributed by atoms with Crippen molar-refractivity contribution in [1.29, 1.82) is 0 Å². The highest BCUT2D eigenvalue weighted by atomic mass is 16.6. The van der Waals surface area contributed by atoms with Gasteiger partial charge in [-0.25, -0.2) is 0 Å². The molecule has 59 heavy (non-hydrogen) atoms. The van der Waals surface area contributed by atoms with Crippen LogP contribution in [-0.4, -0.2) is 36.4 Å². The lowest BCUT2D eigenvalue weighted by molar-refractivity contribution is -0.161. The van der Waals surface area contributed by atoms with Crippen molar-refractivity contribution < 1.29 is 24.2 Å². The summed E-state index contributed by atoms with van der Waals surface area (Å²) in [4.78, 5) is 24.3. The van der Waals surface area contributed by atoms with Crippen molar-refractivity contribution in [3.05, 3.63) is 85.1 Å². The predicted molar refractivity (Wildman–Crippen MR) is 256 cm³/mol. The summed E-state index contributed by atoms with van der Waals surface area (Å²) in [5.74, 6) is -0.593. The molecule has 0 fully saturated rings. The Balaban J connectivity index is 3.54. The van der Waals surface area contributed by atoms with Gasteiger partial charge in [-0.2, -0.15) is 0 Å². The maximum absolute atomic E-state index is 12.2. The summed E-state index contributed by atoms with van der Waals surface area (Å²) < 4.78 is 10.6. The molecule has 5 nitrogen and oxygen atoms in total. The Hall–Kier alpha value is -2.92. The van der Waals surface area contributed by atoms with Crippen LogP contribution < -0.4 is 0 Å². The standard InChI is InChI=1S/C54H92O5/c1-3-5-7-9-11-13-15-17-18-19-20-21-22-23-24-25-26-27-28-29-30-31-32-33-34-35-36-37-39-41-43-45-47-49-54(57)59-52(50-55)51-58-53(56)48-46-44-42-40-38-16-14-12-10-8-6-4-2/h5,7,11,13,17-18,20-21,23-24,26-27,29-30,52,55H,3-4,6,8-10,12,14-16,19,22,25,28,31-51H2,1-2H3/b7-5-,13-11-,18-17-,21-20-,24-23-,27-26-,30-29-. The van der Waals surface area contributed by atoms with E-state index in [1.54, 1.807) is 0 Å². The molecule has 0 aliphatic rings. The van der Waals surface area contributed by atoms with E-state index in [2.05, 4.69) is 98.9 Å². The van der Waals surface area contributed by atoms with E-state index in [1.165, 1.54) is 116 Å². The van der Waals surface area contributed by atoms with E-state index in [0.29, 0.717) is 12.8 Å². The average Bonchev–Trinajstić information content (AvgIpc) is 3.24. The summed E-state index contributed by atoms with van der Waals surface area (Å²) in [6.07, 6.45) is 68.2. The van der Waals surface area contributed by atoms with E-state index in [1.807, 2.05) is 0 Å². The summed E-state index contributed by atoms with van der Waals surface area (Å²) in [5, 5.41) is 9.59. The smallest absolute Gasteiger partial charge is 0.306 e. The molecule has 0 aliphatic heterocycles. The van der Waals surface area contributed by atoms with Crippen LogP contribution in [0.25, 0.3) is 0 Å². The molecule has 0 aromatic rings. The first-order valence-electron chi connectivity index (χ1n) is 24.6. The quantitative estimate of drug-likeness (QED) is 0.0376. The molecule has 0 rings (SSSR count). The van der Waals surface area contributed by atoms with Gasteiger partial charge in [-0.05, 0) is 70.6 Å². The van der Waals surface area contributed by atoms with Gasteiger partial charge in [-0.15, -0.1) is 0 Å². The Morgan fingerprint density at radius 3 is 1.10 bits per heavy atom. The van der Waals surface area contributed by atoms with Crippen LogP contribution in [0.4, 0.5) is 0 Å². The Morgan fingerprint density at radius 2 is 0.729 bits per heavy atom. The van der Waals surface area contributed by atoms with Crippen LogP contribution in [0.5, 0.6) is 0 Å². The van der Waals surface area contributed by atoms with E-state index in [0.717, 1.165) is 83.5 Å². The minimum Gasteiger partial charge on any atom is -0.462 e. The number of allylic oxidation sites excluding steroid dienone is 14. The third kappa shape index (κ3) is 47.6. The van der Waals surface area contributed by atoms with E-state index in [9.17, 15) is 14.7 Å². The van der Waals surface area contributed by atoms with Crippen LogP contribution in [0.2, 0.25) is 0 Å². The molecule has 0 aliphatic carbocycles. The number of hydrogen-bond donors (Lipinski definition) is 1. The highest BCUT2D eigenvalue weighted by Crippen LogP contribution is 2.15. The van der Waals surface area contributed by atoms with Gasteiger partial charge in [0.05, 0.1) is 6.61 Å². The summed E-state index contributed by atoms with van der Waals surface area (Å²) in [5.41, 5.74) is 0. The fourth-order valence-corrected chi connectivity index (χ4v) is 6.77. The van der Waals surface area contributed by atoms with Crippen molar-refractivity contribution in [2.75, 3.05) is 13.2 Å². The van der Waals surface area contributed by atoms with Crippen LogP contribution in [-0.2, 0) is 19.1 Å². The van der Waals surface area contributed by atoms with Crippen molar-refractivity contribution in [1.82, 2.24) is 0 Å². The van der Waals surface area contributed by atoms with E-state index < -0.39 is 6.10 Å². The lowest BCUT2D eigenvalue weighted by atomic mass is 10.0. The molecule has 0 aromatic carbocycles. The number of esters is 2.